The van der Waals surface area contributed by atoms with Gasteiger partial charge in [-0.15, -0.1) is 0 Å². The van der Waals surface area contributed by atoms with Gasteiger partial charge in [0.2, 0.25) is 0 Å². The number of methoxy groups -OCH3 is 1. The lowest BCUT2D eigenvalue weighted by atomic mass is 10.1. The lowest BCUT2D eigenvalue weighted by Gasteiger charge is -2.23. The summed E-state index contributed by atoms with van der Waals surface area (Å²) in [6.07, 6.45) is 0.746. The van der Waals surface area contributed by atoms with Crippen LogP contribution in [0.3, 0.4) is 0 Å². The fourth-order valence-electron chi connectivity index (χ4n) is 2.17. The van der Waals surface area contributed by atoms with Gasteiger partial charge in [-0.3, -0.25) is 4.79 Å². The first-order valence-corrected chi connectivity index (χ1v) is 6.98. The van der Waals surface area contributed by atoms with Crippen LogP contribution in [0.2, 0.25) is 0 Å². The van der Waals surface area contributed by atoms with Gasteiger partial charge in [-0.1, -0.05) is 30.3 Å². The molecule has 0 aliphatic rings. The highest BCUT2D eigenvalue weighted by molar-refractivity contribution is 6.07. The summed E-state index contributed by atoms with van der Waals surface area (Å²) in [4.78, 5) is 14.6. The number of carbonyl (C=O) groups is 1. The van der Waals surface area contributed by atoms with E-state index in [2.05, 4.69) is 0 Å². The lowest BCUT2D eigenvalue weighted by molar-refractivity contribution is 0.0984. The number of hydrogen-bond donors (Lipinski definition) is 1. The first kappa shape index (κ1) is 15.1. The van der Waals surface area contributed by atoms with Crippen LogP contribution in [0.15, 0.2) is 54.6 Å². The topological polar surface area (TPSA) is 55.6 Å². The molecule has 0 heterocycles. The maximum atomic E-state index is 12.8. The number of carbonyl (C=O) groups excluding carboxylic acids is 1. The normalized spacial score (nSPS) is 10.2. The van der Waals surface area contributed by atoms with Gasteiger partial charge in [-0.05, 0) is 37.2 Å². The van der Waals surface area contributed by atoms with E-state index in [0.29, 0.717) is 24.4 Å². The van der Waals surface area contributed by atoms with Gasteiger partial charge in [-0.25, -0.2) is 0 Å². The standard InChI is InChI=1S/C17H20N2O2/c1-21-16-11-6-5-10-15(16)17(20)19(13-7-12-18)14-8-3-2-4-9-14/h2-6,8-11H,7,12-13,18H2,1H3. The van der Waals surface area contributed by atoms with Crippen molar-refractivity contribution in [2.45, 2.75) is 6.42 Å². The molecule has 110 valence electrons. The Bertz CT molecular complexity index is 584. The van der Waals surface area contributed by atoms with Crippen LogP contribution in [0.25, 0.3) is 0 Å². The van der Waals surface area contributed by atoms with Crippen molar-refractivity contribution in [3.63, 3.8) is 0 Å². The molecule has 2 rings (SSSR count). The molecule has 0 atom stereocenters. The van der Waals surface area contributed by atoms with Gasteiger partial charge in [0.25, 0.3) is 5.91 Å². The third kappa shape index (κ3) is 3.61. The Balaban J connectivity index is 2.34. The number of anilines is 1. The largest absolute Gasteiger partial charge is 0.496 e. The highest BCUT2D eigenvalue weighted by Gasteiger charge is 2.20. The van der Waals surface area contributed by atoms with E-state index in [1.165, 1.54) is 0 Å². The van der Waals surface area contributed by atoms with E-state index in [-0.39, 0.29) is 5.91 Å². The van der Waals surface area contributed by atoms with Crippen molar-refractivity contribution in [1.29, 1.82) is 0 Å². The summed E-state index contributed by atoms with van der Waals surface area (Å²) >= 11 is 0. The van der Waals surface area contributed by atoms with E-state index < -0.39 is 0 Å². The monoisotopic (exact) mass is 284 g/mol. The molecule has 1 amide bonds. The molecule has 0 saturated carbocycles. The van der Waals surface area contributed by atoms with Gasteiger partial charge < -0.3 is 15.4 Å². The maximum absolute atomic E-state index is 12.8. The molecule has 0 spiro atoms. The van der Waals surface area contributed by atoms with Crippen molar-refractivity contribution in [2.75, 3.05) is 25.1 Å². The third-order valence-electron chi connectivity index (χ3n) is 3.24. The quantitative estimate of drug-likeness (QED) is 0.887. The number of ether oxygens (including phenoxy) is 1. The number of nitrogens with zero attached hydrogens (tertiary/aromatic N) is 1. The van der Waals surface area contributed by atoms with E-state index in [9.17, 15) is 4.79 Å². The van der Waals surface area contributed by atoms with Crippen molar-refractivity contribution >= 4 is 11.6 Å². The van der Waals surface area contributed by atoms with Crippen LogP contribution in [0.1, 0.15) is 16.8 Å². The molecule has 2 aromatic carbocycles. The molecule has 0 aliphatic heterocycles. The predicted molar refractivity (Wildman–Crippen MR) is 84.8 cm³/mol. The fraction of sp³-hybridized carbons (Fsp3) is 0.235. The number of hydrogen-bond acceptors (Lipinski definition) is 3. The average molecular weight is 284 g/mol. The molecule has 0 saturated heterocycles. The summed E-state index contributed by atoms with van der Waals surface area (Å²) in [5.41, 5.74) is 7.01. The Kier molecular flexibility index (Phi) is 5.35. The molecule has 0 bridgehead atoms. The van der Waals surface area contributed by atoms with E-state index in [1.54, 1.807) is 24.1 Å². The number of nitrogens with two attached hydrogens (primary N) is 1. The Labute approximate surface area is 125 Å². The average Bonchev–Trinajstić information content (AvgIpc) is 2.56. The first-order chi connectivity index (χ1) is 10.3. The zero-order chi connectivity index (χ0) is 15.1. The van der Waals surface area contributed by atoms with E-state index in [0.717, 1.165) is 12.1 Å². The highest BCUT2D eigenvalue weighted by atomic mass is 16.5. The molecule has 0 aromatic heterocycles. The summed E-state index contributed by atoms with van der Waals surface area (Å²) in [6.45, 7) is 1.12. The van der Waals surface area contributed by atoms with Crippen molar-refractivity contribution in [3.8, 4) is 5.75 Å². The minimum atomic E-state index is -0.0768. The van der Waals surface area contributed by atoms with E-state index >= 15 is 0 Å². The molecule has 0 radical (unpaired) electrons. The molecule has 0 aliphatic carbocycles. The predicted octanol–water partition coefficient (Wildman–Crippen LogP) is 2.69. The zero-order valence-electron chi connectivity index (χ0n) is 12.2. The van der Waals surface area contributed by atoms with Gasteiger partial charge in [0.05, 0.1) is 12.7 Å². The fourth-order valence-corrected chi connectivity index (χ4v) is 2.17. The molecule has 4 nitrogen and oxygen atoms in total. The van der Waals surface area contributed by atoms with Crippen LogP contribution in [-0.2, 0) is 0 Å². The smallest absolute Gasteiger partial charge is 0.262 e. The molecule has 2 N–H and O–H groups in total. The SMILES string of the molecule is COc1ccccc1C(=O)N(CCCN)c1ccccc1. The summed E-state index contributed by atoms with van der Waals surface area (Å²) in [7, 11) is 1.57. The van der Waals surface area contributed by atoms with Crippen LogP contribution in [0.4, 0.5) is 5.69 Å². The van der Waals surface area contributed by atoms with Crippen LogP contribution in [-0.4, -0.2) is 26.1 Å². The van der Waals surface area contributed by atoms with Crippen molar-refractivity contribution < 1.29 is 9.53 Å². The third-order valence-corrected chi connectivity index (χ3v) is 3.24. The molecule has 21 heavy (non-hydrogen) atoms. The summed E-state index contributed by atoms with van der Waals surface area (Å²) in [5.74, 6) is 0.503. The van der Waals surface area contributed by atoms with Gasteiger partial charge >= 0.3 is 0 Å². The van der Waals surface area contributed by atoms with Gasteiger partial charge in [-0.2, -0.15) is 0 Å². The number of rotatable bonds is 6. The zero-order valence-corrected chi connectivity index (χ0v) is 12.2. The summed E-state index contributed by atoms with van der Waals surface area (Å²) in [6, 6.07) is 16.9. The van der Waals surface area contributed by atoms with E-state index in [1.807, 2.05) is 42.5 Å². The Morgan fingerprint density at radius 2 is 1.76 bits per heavy atom. The molecule has 0 fully saturated rings. The molecular weight excluding hydrogens is 264 g/mol. The van der Waals surface area contributed by atoms with Crippen LogP contribution >= 0.6 is 0 Å². The molecule has 4 heteroatoms. The number of para-hydroxylation sites is 2. The lowest BCUT2D eigenvalue weighted by Crippen LogP contribution is -2.33. The molecule has 0 unspecified atom stereocenters. The number of amides is 1. The highest BCUT2D eigenvalue weighted by Crippen LogP contribution is 2.23. The molecular formula is C17H20N2O2. The van der Waals surface area contributed by atoms with Crippen LogP contribution in [0.5, 0.6) is 5.75 Å². The van der Waals surface area contributed by atoms with Gasteiger partial charge in [0, 0.05) is 12.2 Å². The summed E-state index contributed by atoms with van der Waals surface area (Å²) < 4.78 is 5.28. The second-order valence-corrected chi connectivity index (χ2v) is 4.63. The maximum Gasteiger partial charge on any atom is 0.262 e. The van der Waals surface area contributed by atoms with Crippen molar-refractivity contribution in [3.05, 3.63) is 60.2 Å². The van der Waals surface area contributed by atoms with Crippen LogP contribution < -0.4 is 15.4 Å². The minimum absolute atomic E-state index is 0.0768. The molecule has 2 aromatic rings. The van der Waals surface area contributed by atoms with Gasteiger partial charge in [0.15, 0.2) is 0 Å². The minimum Gasteiger partial charge on any atom is -0.496 e. The van der Waals surface area contributed by atoms with Gasteiger partial charge in [0.1, 0.15) is 5.75 Å². The Hall–Kier alpha value is -2.33. The summed E-state index contributed by atoms with van der Waals surface area (Å²) in [5, 5.41) is 0. The van der Waals surface area contributed by atoms with Crippen molar-refractivity contribution in [1.82, 2.24) is 0 Å². The van der Waals surface area contributed by atoms with E-state index in [4.69, 9.17) is 10.5 Å². The first-order valence-electron chi connectivity index (χ1n) is 6.98. The second kappa shape index (κ2) is 7.45. The van der Waals surface area contributed by atoms with Crippen LogP contribution in [0, 0.1) is 0 Å². The Morgan fingerprint density at radius 1 is 1.10 bits per heavy atom. The second-order valence-electron chi connectivity index (χ2n) is 4.63. The number of benzene rings is 2. The van der Waals surface area contributed by atoms with Crippen molar-refractivity contribution in [2.24, 2.45) is 5.73 Å². The Morgan fingerprint density at radius 3 is 2.43 bits per heavy atom.